The van der Waals surface area contributed by atoms with E-state index in [9.17, 15) is 4.79 Å². The van der Waals surface area contributed by atoms with Gasteiger partial charge in [0.25, 0.3) is 0 Å². The zero-order valence-electron chi connectivity index (χ0n) is 11.0. The molecule has 0 bridgehead atoms. The Bertz CT molecular complexity index is 225. The smallest absolute Gasteiger partial charge is 0.220 e. The highest BCUT2D eigenvalue weighted by Crippen LogP contribution is 2.11. The summed E-state index contributed by atoms with van der Waals surface area (Å²) in [6.07, 6.45) is 5.16. The van der Waals surface area contributed by atoms with Crippen LogP contribution in [0.15, 0.2) is 0 Å². The second-order valence-corrected chi connectivity index (χ2v) is 5.29. The predicted molar refractivity (Wildman–Crippen MR) is 68.7 cm³/mol. The SMILES string of the molecule is CC(C)[C@@H](CO)NC(=O)CCC1CCCCN1. The summed E-state index contributed by atoms with van der Waals surface area (Å²) in [4.78, 5) is 11.7. The van der Waals surface area contributed by atoms with Crippen molar-refractivity contribution in [2.24, 2.45) is 5.92 Å². The van der Waals surface area contributed by atoms with E-state index in [2.05, 4.69) is 10.6 Å². The first kappa shape index (κ1) is 14.5. The topological polar surface area (TPSA) is 61.4 Å². The molecule has 0 aromatic heterocycles. The monoisotopic (exact) mass is 242 g/mol. The van der Waals surface area contributed by atoms with Crippen LogP contribution < -0.4 is 10.6 Å². The Morgan fingerprint density at radius 2 is 2.24 bits per heavy atom. The minimum atomic E-state index is -0.109. The molecule has 0 radical (unpaired) electrons. The fraction of sp³-hybridized carbons (Fsp3) is 0.923. The van der Waals surface area contributed by atoms with Crippen molar-refractivity contribution < 1.29 is 9.90 Å². The van der Waals surface area contributed by atoms with Crippen molar-refractivity contribution in [3.05, 3.63) is 0 Å². The van der Waals surface area contributed by atoms with E-state index in [1.807, 2.05) is 13.8 Å². The number of amides is 1. The van der Waals surface area contributed by atoms with E-state index < -0.39 is 0 Å². The van der Waals surface area contributed by atoms with E-state index in [0.717, 1.165) is 13.0 Å². The summed E-state index contributed by atoms with van der Waals surface area (Å²) < 4.78 is 0. The molecule has 4 nitrogen and oxygen atoms in total. The van der Waals surface area contributed by atoms with Crippen LogP contribution in [0.4, 0.5) is 0 Å². The van der Waals surface area contributed by atoms with Crippen LogP contribution in [0.3, 0.4) is 0 Å². The summed E-state index contributed by atoms with van der Waals surface area (Å²) in [6, 6.07) is 0.392. The van der Waals surface area contributed by atoms with Gasteiger partial charge >= 0.3 is 0 Å². The van der Waals surface area contributed by atoms with E-state index in [4.69, 9.17) is 5.11 Å². The maximum atomic E-state index is 11.7. The van der Waals surface area contributed by atoms with Crippen LogP contribution in [0.2, 0.25) is 0 Å². The normalized spacial score (nSPS) is 22.5. The minimum Gasteiger partial charge on any atom is -0.394 e. The van der Waals surface area contributed by atoms with Gasteiger partial charge in [0.2, 0.25) is 5.91 Å². The Balaban J connectivity index is 2.19. The van der Waals surface area contributed by atoms with E-state index in [1.54, 1.807) is 0 Å². The van der Waals surface area contributed by atoms with E-state index in [0.29, 0.717) is 12.5 Å². The Labute approximate surface area is 104 Å². The number of hydrogen-bond acceptors (Lipinski definition) is 3. The summed E-state index contributed by atoms with van der Waals surface area (Å²) in [7, 11) is 0. The molecule has 0 spiro atoms. The molecule has 1 rings (SSSR count). The maximum absolute atomic E-state index is 11.7. The summed E-state index contributed by atoms with van der Waals surface area (Å²) >= 11 is 0. The lowest BCUT2D eigenvalue weighted by molar-refractivity contribution is -0.122. The molecule has 1 fully saturated rings. The molecule has 1 heterocycles. The zero-order valence-corrected chi connectivity index (χ0v) is 11.0. The lowest BCUT2D eigenvalue weighted by atomic mass is 10.00. The van der Waals surface area contributed by atoms with E-state index in [1.165, 1.54) is 19.3 Å². The molecule has 0 aliphatic carbocycles. The third-order valence-electron chi connectivity index (χ3n) is 3.48. The first-order chi connectivity index (χ1) is 8.13. The zero-order chi connectivity index (χ0) is 12.7. The predicted octanol–water partition coefficient (Wildman–Crippen LogP) is 1.04. The van der Waals surface area contributed by atoms with Gasteiger partial charge in [-0.15, -0.1) is 0 Å². The van der Waals surface area contributed by atoms with E-state index in [-0.39, 0.29) is 24.5 Å². The maximum Gasteiger partial charge on any atom is 0.220 e. The molecule has 2 atom stereocenters. The van der Waals surface area contributed by atoms with Crippen LogP contribution in [0, 0.1) is 5.92 Å². The average Bonchev–Trinajstić information content (AvgIpc) is 2.34. The Morgan fingerprint density at radius 3 is 2.76 bits per heavy atom. The van der Waals surface area contributed by atoms with Gasteiger partial charge in [0.05, 0.1) is 12.6 Å². The molecule has 100 valence electrons. The lowest BCUT2D eigenvalue weighted by Gasteiger charge is -2.24. The first-order valence-electron chi connectivity index (χ1n) is 6.77. The summed E-state index contributed by atoms with van der Waals surface area (Å²) in [5.74, 6) is 0.335. The fourth-order valence-corrected chi connectivity index (χ4v) is 2.18. The molecule has 0 saturated carbocycles. The molecule has 0 aromatic carbocycles. The molecule has 0 aromatic rings. The van der Waals surface area contributed by atoms with Gasteiger partial charge in [-0.2, -0.15) is 0 Å². The second-order valence-electron chi connectivity index (χ2n) is 5.29. The largest absolute Gasteiger partial charge is 0.394 e. The number of carbonyl (C=O) groups is 1. The van der Waals surface area contributed by atoms with Crippen molar-refractivity contribution in [3.63, 3.8) is 0 Å². The molecule has 1 aliphatic heterocycles. The fourth-order valence-electron chi connectivity index (χ4n) is 2.18. The van der Waals surface area contributed by atoms with Crippen LogP contribution in [0.1, 0.15) is 46.0 Å². The van der Waals surface area contributed by atoms with Gasteiger partial charge in [0.1, 0.15) is 0 Å². The Kier molecular flexibility index (Phi) is 6.52. The number of carbonyl (C=O) groups excluding carboxylic acids is 1. The summed E-state index contributed by atoms with van der Waals surface area (Å²) in [5.41, 5.74) is 0. The molecular weight excluding hydrogens is 216 g/mol. The van der Waals surface area contributed by atoms with Crippen LogP contribution in [-0.2, 0) is 4.79 Å². The number of rotatable bonds is 6. The van der Waals surface area contributed by atoms with Crippen LogP contribution in [0.25, 0.3) is 0 Å². The van der Waals surface area contributed by atoms with Gasteiger partial charge < -0.3 is 15.7 Å². The van der Waals surface area contributed by atoms with Crippen LogP contribution in [-0.4, -0.2) is 36.2 Å². The van der Waals surface area contributed by atoms with Crippen molar-refractivity contribution in [1.29, 1.82) is 0 Å². The number of nitrogens with one attached hydrogen (secondary N) is 2. The van der Waals surface area contributed by atoms with Gasteiger partial charge in [-0.05, 0) is 31.7 Å². The average molecular weight is 242 g/mol. The van der Waals surface area contributed by atoms with Gasteiger partial charge in [0.15, 0.2) is 0 Å². The van der Waals surface area contributed by atoms with Crippen molar-refractivity contribution in [1.82, 2.24) is 10.6 Å². The van der Waals surface area contributed by atoms with Gasteiger partial charge in [-0.1, -0.05) is 20.3 Å². The molecule has 17 heavy (non-hydrogen) atoms. The van der Waals surface area contributed by atoms with Crippen molar-refractivity contribution in [3.8, 4) is 0 Å². The van der Waals surface area contributed by atoms with Crippen molar-refractivity contribution in [2.45, 2.75) is 58.0 Å². The molecule has 1 saturated heterocycles. The molecule has 1 amide bonds. The van der Waals surface area contributed by atoms with Crippen molar-refractivity contribution >= 4 is 5.91 Å². The second kappa shape index (κ2) is 7.67. The molecule has 1 aliphatic rings. The third-order valence-corrected chi connectivity index (χ3v) is 3.48. The number of hydrogen-bond donors (Lipinski definition) is 3. The molecule has 4 heteroatoms. The highest BCUT2D eigenvalue weighted by Gasteiger charge is 2.17. The number of piperidine rings is 1. The number of aliphatic hydroxyl groups is 1. The van der Waals surface area contributed by atoms with Crippen molar-refractivity contribution in [2.75, 3.05) is 13.2 Å². The summed E-state index contributed by atoms with van der Waals surface area (Å²) in [5, 5.41) is 15.5. The third kappa shape index (κ3) is 5.50. The standard InChI is InChI=1S/C13H26N2O2/c1-10(2)12(9-16)15-13(17)7-6-11-5-3-4-8-14-11/h10-12,14,16H,3-9H2,1-2H3,(H,15,17)/t11?,12-/m1/s1. The van der Waals surface area contributed by atoms with E-state index >= 15 is 0 Å². The summed E-state index contributed by atoms with van der Waals surface area (Å²) in [6.45, 7) is 5.11. The highest BCUT2D eigenvalue weighted by atomic mass is 16.3. The van der Waals surface area contributed by atoms with Crippen LogP contribution in [0.5, 0.6) is 0 Å². The highest BCUT2D eigenvalue weighted by molar-refractivity contribution is 5.76. The lowest BCUT2D eigenvalue weighted by Crippen LogP contribution is -2.42. The molecule has 3 N–H and O–H groups in total. The van der Waals surface area contributed by atoms with Gasteiger partial charge in [-0.3, -0.25) is 4.79 Å². The van der Waals surface area contributed by atoms with Crippen LogP contribution >= 0.6 is 0 Å². The quantitative estimate of drug-likeness (QED) is 0.652. The van der Waals surface area contributed by atoms with Gasteiger partial charge in [0, 0.05) is 12.5 Å². The minimum absolute atomic E-state index is 0.0189. The van der Waals surface area contributed by atoms with Gasteiger partial charge in [-0.25, -0.2) is 0 Å². The number of aliphatic hydroxyl groups excluding tert-OH is 1. The molecule has 1 unspecified atom stereocenters. The Hall–Kier alpha value is -0.610. The Morgan fingerprint density at radius 1 is 1.47 bits per heavy atom. The first-order valence-corrected chi connectivity index (χ1v) is 6.77. The molecular formula is C13H26N2O2.